The number of carbonyl (C=O) groups excluding carboxylic acids is 4. The summed E-state index contributed by atoms with van der Waals surface area (Å²) in [4.78, 5) is 71.8. The third-order valence-corrected chi connectivity index (χ3v) is 15.3. The lowest BCUT2D eigenvalue weighted by Crippen LogP contribution is -2.30. The summed E-state index contributed by atoms with van der Waals surface area (Å²) in [5, 5.41) is 10.5. The molecular formula is C61H114O17P2. The summed E-state index contributed by atoms with van der Waals surface area (Å²) in [5.74, 6) is -1.48. The molecule has 0 amide bonds. The van der Waals surface area contributed by atoms with Gasteiger partial charge in [-0.2, -0.15) is 0 Å². The highest BCUT2D eigenvalue weighted by molar-refractivity contribution is 7.47. The highest BCUT2D eigenvalue weighted by Crippen LogP contribution is 2.45. The van der Waals surface area contributed by atoms with E-state index in [0.29, 0.717) is 31.6 Å². The molecule has 470 valence electrons. The first kappa shape index (κ1) is 77.5. The number of unbranched alkanes of at least 4 members (excludes halogenated alkanes) is 28. The topological polar surface area (TPSA) is 237 Å². The van der Waals surface area contributed by atoms with Crippen molar-refractivity contribution in [2.75, 3.05) is 39.6 Å². The Hall–Kier alpha value is -2.46. The second kappa shape index (κ2) is 54.5. The maximum absolute atomic E-state index is 12.9. The molecule has 0 spiro atoms. The van der Waals surface area contributed by atoms with Gasteiger partial charge in [0.2, 0.25) is 0 Å². The summed E-state index contributed by atoms with van der Waals surface area (Å²) >= 11 is 0. The molecule has 0 rings (SSSR count). The second-order valence-corrected chi connectivity index (χ2v) is 24.8. The van der Waals surface area contributed by atoms with Crippen LogP contribution < -0.4 is 0 Å². The molecule has 0 aliphatic carbocycles. The van der Waals surface area contributed by atoms with E-state index < -0.39 is 97.5 Å². The van der Waals surface area contributed by atoms with E-state index in [1.807, 2.05) is 0 Å². The standard InChI is InChI=1S/C61H114O17P2/c1-6-9-12-15-17-19-21-22-23-24-25-27-31-37-42-47-61(66)78-57(51-72-59(64)45-40-35-32-28-29-34-38-43-54(4)5)53-76-80(69,70)74-49-55(62)48-73-79(67,68)75-52-56(50-71-58(63)44-39-33-14-11-8-3)77-60(65)46-41-36-30-26-20-18-16-13-10-7-2/h19,21-23,54-57,62H,6-18,20,24-53H2,1-5H3,(H,67,68)(H,69,70)/b21-19-,23-22-/t55-,56+,57+/m0/s1. The van der Waals surface area contributed by atoms with E-state index in [9.17, 15) is 43.2 Å². The SMILES string of the molecule is CCCCCC/C=C\C=C/CCCCCCCC(=O)O[C@H](COC(=O)CCCCCCCCCC(C)C)COP(=O)(O)OC[C@@H](O)COP(=O)(O)OC[C@@H](COC(=O)CCCCCCC)OC(=O)CCCCCCCCCCCC. The van der Waals surface area contributed by atoms with Gasteiger partial charge in [-0.15, -0.1) is 0 Å². The molecule has 17 nitrogen and oxygen atoms in total. The maximum atomic E-state index is 12.9. The summed E-state index contributed by atoms with van der Waals surface area (Å²) in [6.07, 6.45) is 40.2. The lowest BCUT2D eigenvalue weighted by atomic mass is 10.0. The molecule has 0 aromatic rings. The van der Waals surface area contributed by atoms with E-state index >= 15 is 0 Å². The van der Waals surface area contributed by atoms with E-state index in [1.54, 1.807) is 0 Å². The van der Waals surface area contributed by atoms with E-state index in [1.165, 1.54) is 77.0 Å². The van der Waals surface area contributed by atoms with Gasteiger partial charge in [-0.3, -0.25) is 37.3 Å². The van der Waals surface area contributed by atoms with Crippen LogP contribution in [0.2, 0.25) is 0 Å². The molecule has 0 saturated carbocycles. The van der Waals surface area contributed by atoms with Crippen molar-refractivity contribution >= 4 is 39.5 Å². The number of esters is 4. The number of phosphoric ester groups is 2. The van der Waals surface area contributed by atoms with Gasteiger partial charge in [-0.05, 0) is 57.3 Å². The second-order valence-electron chi connectivity index (χ2n) is 21.9. The van der Waals surface area contributed by atoms with Crippen LogP contribution >= 0.6 is 15.6 Å². The van der Waals surface area contributed by atoms with Crippen molar-refractivity contribution in [2.45, 2.75) is 297 Å². The molecule has 0 bridgehead atoms. The van der Waals surface area contributed by atoms with Crippen molar-refractivity contribution in [1.29, 1.82) is 0 Å². The van der Waals surface area contributed by atoms with Crippen LogP contribution in [0, 0.1) is 5.92 Å². The van der Waals surface area contributed by atoms with Crippen molar-refractivity contribution in [1.82, 2.24) is 0 Å². The van der Waals surface area contributed by atoms with Crippen molar-refractivity contribution < 1.29 is 80.2 Å². The third kappa shape index (κ3) is 54.8. The van der Waals surface area contributed by atoms with Gasteiger partial charge in [0.15, 0.2) is 12.2 Å². The molecule has 0 aromatic carbocycles. The zero-order valence-corrected chi connectivity index (χ0v) is 52.5. The normalized spacial score (nSPS) is 14.5. The first-order valence-electron chi connectivity index (χ1n) is 31.5. The number of hydrogen-bond acceptors (Lipinski definition) is 15. The maximum Gasteiger partial charge on any atom is 0.472 e. The Balaban J connectivity index is 5.21. The fourth-order valence-corrected chi connectivity index (χ4v) is 10.1. The van der Waals surface area contributed by atoms with Gasteiger partial charge < -0.3 is 33.8 Å². The van der Waals surface area contributed by atoms with Gasteiger partial charge in [0.25, 0.3) is 0 Å². The minimum Gasteiger partial charge on any atom is -0.462 e. The summed E-state index contributed by atoms with van der Waals surface area (Å²) < 4.78 is 67.6. The Morgan fingerprint density at radius 1 is 0.388 bits per heavy atom. The molecule has 3 N–H and O–H groups in total. The Kier molecular flexibility index (Phi) is 52.8. The van der Waals surface area contributed by atoms with E-state index in [0.717, 1.165) is 116 Å². The van der Waals surface area contributed by atoms with Gasteiger partial charge in [-0.1, -0.05) is 226 Å². The molecular weight excluding hydrogens is 1070 g/mol. The number of rotatable bonds is 59. The Morgan fingerprint density at radius 3 is 1.02 bits per heavy atom. The predicted molar refractivity (Wildman–Crippen MR) is 317 cm³/mol. The Morgan fingerprint density at radius 2 is 0.675 bits per heavy atom. The number of hydrogen-bond donors (Lipinski definition) is 3. The number of carbonyl (C=O) groups is 4. The first-order chi connectivity index (χ1) is 38.5. The summed E-state index contributed by atoms with van der Waals surface area (Å²) in [5.41, 5.74) is 0. The van der Waals surface area contributed by atoms with Crippen LogP contribution in [-0.2, 0) is 65.4 Å². The fraction of sp³-hybridized carbons (Fsp3) is 0.869. The average Bonchev–Trinajstić information content (AvgIpc) is 3.42. The highest BCUT2D eigenvalue weighted by Gasteiger charge is 2.30. The van der Waals surface area contributed by atoms with Crippen LogP contribution in [0.1, 0.15) is 279 Å². The molecule has 0 fully saturated rings. The van der Waals surface area contributed by atoms with E-state index in [2.05, 4.69) is 58.9 Å². The zero-order chi connectivity index (χ0) is 59.2. The number of aliphatic hydroxyl groups excluding tert-OH is 1. The minimum absolute atomic E-state index is 0.0841. The number of phosphoric acid groups is 2. The molecule has 0 heterocycles. The molecule has 19 heteroatoms. The lowest BCUT2D eigenvalue weighted by Gasteiger charge is -2.21. The summed E-state index contributed by atoms with van der Waals surface area (Å²) in [6.45, 7) is 6.95. The minimum atomic E-state index is -4.95. The summed E-state index contributed by atoms with van der Waals surface area (Å²) in [6, 6.07) is 0. The molecule has 0 aromatic heterocycles. The molecule has 2 unspecified atom stereocenters. The van der Waals surface area contributed by atoms with Crippen molar-refractivity contribution in [3.8, 4) is 0 Å². The predicted octanol–water partition coefficient (Wildman–Crippen LogP) is 16.2. The van der Waals surface area contributed by atoms with Crippen LogP contribution in [0.5, 0.6) is 0 Å². The number of aliphatic hydroxyl groups is 1. The molecule has 80 heavy (non-hydrogen) atoms. The zero-order valence-electron chi connectivity index (χ0n) is 50.7. The highest BCUT2D eigenvalue weighted by atomic mass is 31.2. The quantitative estimate of drug-likeness (QED) is 0.0169. The largest absolute Gasteiger partial charge is 0.472 e. The van der Waals surface area contributed by atoms with Crippen LogP contribution in [0.15, 0.2) is 24.3 Å². The van der Waals surface area contributed by atoms with Crippen molar-refractivity contribution in [2.24, 2.45) is 5.92 Å². The molecule has 5 atom stereocenters. The van der Waals surface area contributed by atoms with Gasteiger partial charge in [0.1, 0.15) is 19.3 Å². The van der Waals surface area contributed by atoms with Gasteiger partial charge in [-0.25, -0.2) is 9.13 Å². The van der Waals surface area contributed by atoms with Gasteiger partial charge >= 0.3 is 39.5 Å². The lowest BCUT2D eigenvalue weighted by molar-refractivity contribution is -0.161. The van der Waals surface area contributed by atoms with Crippen LogP contribution in [0.25, 0.3) is 0 Å². The van der Waals surface area contributed by atoms with Gasteiger partial charge in [0.05, 0.1) is 26.4 Å². The van der Waals surface area contributed by atoms with Crippen molar-refractivity contribution in [3.63, 3.8) is 0 Å². The Bertz CT molecular complexity index is 1660. The Labute approximate surface area is 484 Å². The van der Waals surface area contributed by atoms with E-state index in [4.69, 9.17) is 37.0 Å². The first-order valence-corrected chi connectivity index (χ1v) is 34.4. The number of allylic oxidation sites excluding steroid dienone is 4. The summed E-state index contributed by atoms with van der Waals surface area (Å²) in [7, 11) is -9.88. The molecule has 0 radical (unpaired) electrons. The molecule has 0 aliphatic rings. The van der Waals surface area contributed by atoms with E-state index in [-0.39, 0.29) is 25.7 Å². The van der Waals surface area contributed by atoms with Crippen LogP contribution in [-0.4, -0.2) is 96.7 Å². The third-order valence-electron chi connectivity index (χ3n) is 13.4. The van der Waals surface area contributed by atoms with Gasteiger partial charge in [0, 0.05) is 25.7 Å². The number of ether oxygens (including phenoxy) is 4. The van der Waals surface area contributed by atoms with Crippen molar-refractivity contribution in [3.05, 3.63) is 24.3 Å². The smallest absolute Gasteiger partial charge is 0.462 e. The monoisotopic (exact) mass is 1180 g/mol. The average molecular weight is 1180 g/mol. The molecule has 0 aliphatic heterocycles. The molecule has 0 saturated heterocycles. The van der Waals surface area contributed by atoms with Crippen LogP contribution in [0.3, 0.4) is 0 Å². The van der Waals surface area contributed by atoms with Crippen LogP contribution in [0.4, 0.5) is 0 Å². The fourth-order valence-electron chi connectivity index (χ4n) is 8.51.